The third kappa shape index (κ3) is 7.32. The molecule has 282 valence electrons. The van der Waals surface area contributed by atoms with Crippen LogP contribution in [0.4, 0.5) is 0 Å². The summed E-state index contributed by atoms with van der Waals surface area (Å²) in [6.45, 7) is 0. The van der Waals surface area contributed by atoms with Crippen LogP contribution in [0.5, 0.6) is 0 Å². The molecule has 3 nitrogen and oxygen atoms in total. The highest BCUT2D eigenvalue weighted by Crippen LogP contribution is 2.50. The Hall–Kier alpha value is -8.01. The molecule has 0 aliphatic rings. The second-order valence-corrected chi connectivity index (χ2v) is 14.8. The average Bonchev–Trinajstić information content (AvgIpc) is 3.35. The molecule has 0 unspecified atom stereocenters. The molecule has 0 fully saturated rings. The van der Waals surface area contributed by atoms with Crippen molar-refractivity contribution in [3.05, 3.63) is 237 Å². The molecule has 10 rings (SSSR count). The summed E-state index contributed by atoms with van der Waals surface area (Å²) in [5.41, 5.74) is 16.8. The molecule has 0 spiro atoms. The minimum Gasteiger partial charge on any atom is -0.208 e. The Balaban J connectivity index is 1.13. The number of hydrogen-bond donors (Lipinski definition) is 0. The van der Waals surface area contributed by atoms with E-state index >= 15 is 0 Å². The van der Waals surface area contributed by atoms with E-state index < -0.39 is 0 Å². The van der Waals surface area contributed by atoms with Gasteiger partial charge in [-0.25, -0.2) is 15.0 Å². The molecule has 0 aliphatic carbocycles. The van der Waals surface area contributed by atoms with E-state index in [4.69, 9.17) is 15.0 Å². The van der Waals surface area contributed by atoms with Gasteiger partial charge in [0.25, 0.3) is 0 Å². The molecule has 0 radical (unpaired) electrons. The van der Waals surface area contributed by atoms with E-state index in [1.54, 1.807) is 0 Å². The fourth-order valence-corrected chi connectivity index (χ4v) is 8.08. The fourth-order valence-electron chi connectivity index (χ4n) is 8.08. The maximum atomic E-state index is 5.00. The third-order valence-electron chi connectivity index (χ3n) is 10.9. The Morgan fingerprint density at radius 2 is 0.483 bits per heavy atom. The van der Waals surface area contributed by atoms with Gasteiger partial charge in [-0.05, 0) is 78.9 Å². The molecule has 0 saturated carbocycles. The van der Waals surface area contributed by atoms with Crippen LogP contribution < -0.4 is 0 Å². The Labute approximate surface area is 351 Å². The first kappa shape index (κ1) is 36.3. The SMILES string of the molecule is c1ccc(-c2nc(-c3ccccc3)nc(-c3cccc(-c4ccc(-c5cc(-c6ccccc6)c(-c6ccccc6)c(-c6ccccc6)c5-c5ccccc5)cc4)c3)n2)cc1. The van der Waals surface area contributed by atoms with Crippen molar-refractivity contribution < 1.29 is 0 Å². The van der Waals surface area contributed by atoms with Crippen molar-refractivity contribution in [3.63, 3.8) is 0 Å². The monoisotopic (exact) mass is 765 g/mol. The van der Waals surface area contributed by atoms with Gasteiger partial charge in [0.2, 0.25) is 0 Å². The fraction of sp³-hybridized carbons (Fsp3) is 0. The molecule has 0 N–H and O–H groups in total. The van der Waals surface area contributed by atoms with Gasteiger partial charge in [0.15, 0.2) is 17.5 Å². The summed E-state index contributed by atoms with van der Waals surface area (Å²) in [6.07, 6.45) is 0. The molecule has 1 aromatic heterocycles. The lowest BCUT2D eigenvalue weighted by molar-refractivity contribution is 1.07. The van der Waals surface area contributed by atoms with E-state index in [0.29, 0.717) is 17.5 Å². The lowest BCUT2D eigenvalue weighted by Crippen LogP contribution is -2.00. The molecule has 3 heteroatoms. The summed E-state index contributed by atoms with van der Waals surface area (Å²) in [7, 11) is 0. The minimum atomic E-state index is 0.633. The van der Waals surface area contributed by atoms with Gasteiger partial charge >= 0.3 is 0 Å². The summed E-state index contributed by atoms with van der Waals surface area (Å²) >= 11 is 0. The maximum absolute atomic E-state index is 5.00. The van der Waals surface area contributed by atoms with Gasteiger partial charge in [-0.1, -0.05) is 224 Å². The van der Waals surface area contributed by atoms with Crippen LogP contribution in [0.1, 0.15) is 0 Å². The zero-order valence-electron chi connectivity index (χ0n) is 32.9. The largest absolute Gasteiger partial charge is 0.208 e. The lowest BCUT2D eigenvalue weighted by Gasteiger charge is -2.24. The number of nitrogens with zero attached hydrogens (tertiary/aromatic N) is 3. The van der Waals surface area contributed by atoms with Gasteiger partial charge in [0.1, 0.15) is 0 Å². The smallest absolute Gasteiger partial charge is 0.164 e. The van der Waals surface area contributed by atoms with Crippen LogP contribution in [0.25, 0.3) is 101 Å². The number of hydrogen-bond acceptors (Lipinski definition) is 3. The first-order valence-corrected chi connectivity index (χ1v) is 20.3. The first-order chi connectivity index (χ1) is 29.8. The summed E-state index contributed by atoms with van der Waals surface area (Å²) in [6, 6.07) is 83.3. The summed E-state index contributed by atoms with van der Waals surface area (Å²) in [5.74, 6) is 1.92. The van der Waals surface area contributed by atoms with E-state index in [-0.39, 0.29) is 0 Å². The van der Waals surface area contributed by atoms with Crippen molar-refractivity contribution in [2.75, 3.05) is 0 Å². The van der Waals surface area contributed by atoms with E-state index in [1.165, 1.54) is 50.1 Å². The Kier molecular flexibility index (Phi) is 9.97. The van der Waals surface area contributed by atoms with E-state index in [2.05, 4.69) is 176 Å². The van der Waals surface area contributed by atoms with Gasteiger partial charge in [0, 0.05) is 16.7 Å². The normalized spacial score (nSPS) is 11.0. The quantitative estimate of drug-likeness (QED) is 0.147. The van der Waals surface area contributed by atoms with Crippen molar-refractivity contribution in [3.8, 4) is 101 Å². The summed E-state index contributed by atoms with van der Waals surface area (Å²) < 4.78 is 0. The molecule has 10 aromatic rings. The highest BCUT2D eigenvalue weighted by Gasteiger charge is 2.24. The van der Waals surface area contributed by atoms with Gasteiger partial charge in [0.05, 0.1) is 0 Å². The van der Waals surface area contributed by atoms with Crippen LogP contribution in [-0.4, -0.2) is 15.0 Å². The van der Waals surface area contributed by atoms with Crippen molar-refractivity contribution in [2.24, 2.45) is 0 Å². The average molecular weight is 766 g/mol. The van der Waals surface area contributed by atoms with Crippen LogP contribution in [-0.2, 0) is 0 Å². The van der Waals surface area contributed by atoms with Crippen molar-refractivity contribution in [1.82, 2.24) is 15.0 Å². The predicted octanol–water partition coefficient (Wildman–Crippen LogP) is 14.9. The lowest BCUT2D eigenvalue weighted by atomic mass is 9.79. The second-order valence-electron chi connectivity index (χ2n) is 14.8. The number of benzene rings is 9. The van der Waals surface area contributed by atoms with Crippen LogP contribution >= 0.6 is 0 Å². The Morgan fingerprint density at radius 1 is 0.183 bits per heavy atom. The zero-order valence-corrected chi connectivity index (χ0v) is 32.9. The molecule has 0 amide bonds. The maximum Gasteiger partial charge on any atom is 0.164 e. The molecule has 9 aromatic carbocycles. The van der Waals surface area contributed by atoms with Gasteiger partial charge in [-0.2, -0.15) is 0 Å². The number of rotatable bonds is 9. The molecule has 60 heavy (non-hydrogen) atoms. The summed E-state index contributed by atoms with van der Waals surface area (Å²) in [4.78, 5) is 14.9. The third-order valence-corrected chi connectivity index (χ3v) is 10.9. The van der Waals surface area contributed by atoms with Crippen LogP contribution in [0.15, 0.2) is 237 Å². The minimum absolute atomic E-state index is 0.633. The Bertz CT molecular complexity index is 2970. The van der Waals surface area contributed by atoms with Crippen molar-refractivity contribution in [2.45, 2.75) is 0 Å². The summed E-state index contributed by atoms with van der Waals surface area (Å²) in [5, 5.41) is 0. The predicted molar refractivity (Wildman–Crippen MR) is 249 cm³/mol. The number of aromatic nitrogens is 3. The second kappa shape index (κ2) is 16.5. The van der Waals surface area contributed by atoms with Crippen LogP contribution in [0.3, 0.4) is 0 Å². The zero-order chi connectivity index (χ0) is 40.1. The van der Waals surface area contributed by atoms with Crippen LogP contribution in [0.2, 0.25) is 0 Å². The molecular weight excluding hydrogens is 727 g/mol. The van der Waals surface area contributed by atoms with E-state index in [1.807, 2.05) is 60.7 Å². The molecule has 0 atom stereocenters. The van der Waals surface area contributed by atoms with Gasteiger partial charge < -0.3 is 0 Å². The highest BCUT2D eigenvalue weighted by molar-refractivity contribution is 6.07. The van der Waals surface area contributed by atoms with Crippen molar-refractivity contribution >= 4 is 0 Å². The molecule has 0 saturated heterocycles. The van der Waals surface area contributed by atoms with E-state index in [9.17, 15) is 0 Å². The van der Waals surface area contributed by atoms with Crippen molar-refractivity contribution in [1.29, 1.82) is 0 Å². The highest BCUT2D eigenvalue weighted by atomic mass is 15.0. The standard InChI is InChI=1S/C57H39N3/c1-7-20-41(21-8-1)50-39-51(53(44-24-11-3-12-25-44)54(45-26-13-4-14-27-45)52(50)43-22-9-2-10-23-43)42-36-34-40(35-37-42)48-32-19-33-49(38-48)57-59-55(46-28-15-5-16-29-46)58-56(60-57)47-30-17-6-18-31-47/h1-39H. The van der Waals surface area contributed by atoms with Crippen LogP contribution in [0, 0.1) is 0 Å². The van der Waals surface area contributed by atoms with E-state index in [0.717, 1.165) is 33.4 Å². The topological polar surface area (TPSA) is 38.7 Å². The molecular formula is C57H39N3. The van der Waals surface area contributed by atoms with Gasteiger partial charge in [-0.3, -0.25) is 0 Å². The van der Waals surface area contributed by atoms with Gasteiger partial charge in [-0.15, -0.1) is 0 Å². The molecule has 1 heterocycles. The Morgan fingerprint density at radius 3 is 0.917 bits per heavy atom. The first-order valence-electron chi connectivity index (χ1n) is 20.3. The molecule has 0 aliphatic heterocycles. The molecule has 0 bridgehead atoms.